The van der Waals surface area contributed by atoms with Crippen molar-refractivity contribution >= 4 is 0 Å². The van der Waals surface area contributed by atoms with E-state index in [0.717, 1.165) is 19.3 Å². The fourth-order valence-corrected chi connectivity index (χ4v) is 3.43. The molecule has 0 heterocycles. The molecule has 1 saturated carbocycles. The topological polar surface area (TPSA) is 20.2 Å². The number of allylic oxidation sites excluding steroid dienone is 11. The molecule has 21 heavy (non-hydrogen) atoms. The van der Waals surface area contributed by atoms with E-state index in [4.69, 9.17) is 0 Å². The van der Waals surface area contributed by atoms with Gasteiger partial charge in [-0.15, -0.1) is 0 Å². The Morgan fingerprint density at radius 2 is 1.95 bits per heavy atom. The zero-order chi connectivity index (χ0) is 15.1. The zero-order valence-corrected chi connectivity index (χ0v) is 13.0. The van der Waals surface area contributed by atoms with Gasteiger partial charge in [0.1, 0.15) is 0 Å². The first-order chi connectivity index (χ1) is 10.2. The van der Waals surface area contributed by atoms with E-state index < -0.39 is 0 Å². The van der Waals surface area contributed by atoms with E-state index >= 15 is 0 Å². The van der Waals surface area contributed by atoms with Gasteiger partial charge in [-0.1, -0.05) is 68.4 Å². The van der Waals surface area contributed by atoms with Crippen LogP contribution in [0.1, 0.15) is 45.4 Å². The van der Waals surface area contributed by atoms with Crippen LogP contribution in [0.4, 0.5) is 0 Å². The molecular weight excluding hydrogens is 256 g/mol. The molecule has 0 aromatic heterocycles. The van der Waals surface area contributed by atoms with Crippen LogP contribution in [0.5, 0.6) is 0 Å². The predicted octanol–water partition coefficient (Wildman–Crippen LogP) is 5.95. The van der Waals surface area contributed by atoms with Crippen LogP contribution in [0.3, 0.4) is 0 Å². The first-order valence-corrected chi connectivity index (χ1v) is 7.93. The second-order valence-electron chi connectivity index (χ2n) is 5.97. The van der Waals surface area contributed by atoms with Gasteiger partial charge in [-0.2, -0.15) is 0 Å². The molecule has 0 saturated heterocycles. The third-order valence-corrected chi connectivity index (χ3v) is 4.52. The van der Waals surface area contributed by atoms with Gasteiger partial charge >= 0.3 is 0 Å². The van der Waals surface area contributed by atoms with Crippen LogP contribution in [0.25, 0.3) is 0 Å². The average Bonchev–Trinajstić information content (AvgIpc) is 2.78. The summed E-state index contributed by atoms with van der Waals surface area (Å²) in [5, 5.41) is 9.48. The average molecular weight is 282 g/mol. The molecule has 0 atom stereocenters. The van der Waals surface area contributed by atoms with E-state index in [2.05, 4.69) is 37.0 Å². The summed E-state index contributed by atoms with van der Waals surface area (Å²) in [6.45, 7) is 5.74. The molecule has 0 aliphatic heterocycles. The largest absolute Gasteiger partial charge is 0.513 e. The molecule has 1 fully saturated rings. The number of aliphatic hydroxyl groups excluding tert-OH is 1. The minimum Gasteiger partial charge on any atom is -0.513 e. The Bertz CT molecular complexity index is 516. The molecule has 0 aromatic carbocycles. The fourth-order valence-electron chi connectivity index (χ4n) is 3.43. The van der Waals surface area contributed by atoms with Gasteiger partial charge in [-0.25, -0.2) is 0 Å². The zero-order valence-electron chi connectivity index (χ0n) is 13.0. The van der Waals surface area contributed by atoms with Gasteiger partial charge in [0.2, 0.25) is 0 Å². The van der Waals surface area contributed by atoms with Crippen LogP contribution in [-0.2, 0) is 0 Å². The lowest BCUT2D eigenvalue weighted by atomic mass is 9.64. The van der Waals surface area contributed by atoms with E-state index in [0.29, 0.717) is 5.76 Å². The van der Waals surface area contributed by atoms with Crippen LogP contribution in [0, 0.1) is 5.41 Å². The minimum absolute atomic E-state index is 0.0527. The maximum absolute atomic E-state index is 9.48. The highest BCUT2D eigenvalue weighted by Crippen LogP contribution is 2.49. The highest BCUT2D eigenvalue weighted by Gasteiger charge is 2.36. The Kier molecular flexibility index (Phi) is 5.44. The second-order valence-corrected chi connectivity index (χ2v) is 5.97. The summed E-state index contributed by atoms with van der Waals surface area (Å²) in [5.74, 6) is 0.339. The van der Waals surface area contributed by atoms with E-state index in [1.165, 1.54) is 30.4 Å². The predicted molar refractivity (Wildman–Crippen MR) is 91.2 cm³/mol. The molecule has 1 heteroatoms. The normalized spacial score (nSPS) is 22.6. The van der Waals surface area contributed by atoms with Crippen molar-refractivity contribution in [3.8, 4) is 0 Å². The van der Waals surface area contributed by atoms with Crippen LogP contribution >= 0.6 is 0 Å². The maximum Gasteiger partial charge on any atom is 0.0891 e. The van der Waals surface area contributed by atoms with E-state index in [9.17, 15) is 5.11 Å². The summed E-state index contributed by atoms with van der Waals surface area (Å²) in [5.41, 5.74) is 2.66. The summed E-state index contributed by atoms with van der Waals surface area (Å²) in [6, 6.07) is 0. The van der Waals surface area contributed by atoms with Crippen LogP contribution in [0.15, 0.2) is 72.1 Å². The van der Waals surface area contributed by atoms with Gasteiger partial charge in [-0.05, 0) is 43.4 Å². The Morgan fingerprint density at radius 1 is 1.19 bits per heavy atom. The van der Waals surface area contributed by atoms with Crippen molar-refractivity contribution in [2.45, 2.75) is 45.4 Å². The minimum atomic E-state index is 0.0527. The second kappa shape index (κ2) is 7.31. The van der Waals surface area contributed by atoms with Crippen molar-refractivity contribution in [3.05, 3.63) is 72.1 Å². The quantitative estimate of drug-likeness (QED) is 0.498. The molecule has 2 aliphatic rings. The molecule has 2 aliphatic carbocycles. The molecule has 112 valence electrons. The van der Waals surface area contributed by atoms with E-state index in [-0.39, 0.29) is 5.41 Å². The Hall–Kier alpha value is -1.76. The van der Waals surface area contributed by atoms with Crippen molar-refractivity contribution in [2.24, 2.45) is 5.41 Å². The van der Waals surface area contributed by atoms with Gasteiger partial charge in [0, 0.05) is 5.41 Å². The van der Waals surface area contributed by atoms with Gasteiger partial charge in [0.05, 0.1) is 5.76 Å². The molecule has 1 N–H and O–H groups in total. The first-order valence-electron chi connectivity index (χ1n) is 7.93. The lowest BCUT2D eigenvalue weighted by Gasteiger charge is -2.40. The van der Waals surface area contributed by atoms with Crippen molar-refractivity contribution in [2.75, 3.05) is 0 Å². The summed E-state index contributed by atoms with van der Waals surface area (Å²) < 4.78 is 0. The van der Waals surface area contributed by atoms with Crippen molar-refractivity contribution in [1.29, 1.82) is 0 Å². The molecule has 0 unspecified atom stereocenters. The smallest absolute Gasteiger partial charge is 0.0891 e. The third-order valence-electron chi connectivity index (χ3n) is 4.52. The van der Waals surface area contributed by atoms with Crippen molar-refractivity contribution in [3.63, 3.8) is 0 Å². The number of aliphatic hydroxyl groups is 1. The number of hydrogen-bond donors (Lipinski definition) is 1. The van der Waals surface area contributed by atoms with Gasteiger partial charge in [0.15, 0.2) is 0 Å². The van der Waals surface area contributed by atoms with Crippen molar-refractivity contribution in [1.82, 2.24) is 0 Å². The highest BCUT2D eigenvalue weighted by molar-refractivity contribution is 5.45. The molecule has 1 nitrogen and oxygen atoms in total. The van der Waals surface area contributed by atoms with Gasteiger partial charge < -0.3 is 5.11 Å². The SMILES string of the molecule is C=C/C(=C\C=C(/C)O)C1(C2=CC=CCC=C2)CCCCC1. The van der Waals surface area contributed by atoms with Gasteiger partial charge in [0.25, 0.3) is 0 Å². The highest BCUT2D eigenvalue weighted by atomic mass is 16.3. The Balaban J connectivity index is 2.47. The van der Waals surface area contributed by atoms with E-state index in [1.54, 1.807) is 13.0 Å². The molecule has 2 rings (SSSR count). The molecule has 0 amide bonds. The fraction of sp³-hybridized carbons (Fsp3) is 0.400. The first kappa shape index (κ1) is 15.6. The summed E-state index contributed by atoms with van der Waals surface area (Å²) >= 11 is 0. The van der Waals surface area contributed by atoms with E-state index in [1.807, 2.05) is 12.2 Å². The molecule has 0 spiro atoms. The summed E-state index contributed by atoms with van der Waals surface area (Å²) in [7, 11) is 0. The Labute approximate surface area is 128 Å². The van der Waals surface area contributed by atoms with Crippen LogP contribution < -0.4 is 0 Å². The Morgan fingerprint density at radius 3 is 2.62 bits per heavy atom. The summed E-state index contributed by atoms with van der Waals surface area (Å²) in [4.78, 5) is 0. The maximum atomic E-state index is 9.48. The third kappa shape index (κ3) is 3.66. The summed E-state index contributed by atoms with van der Waals surface area (Å²) in [6.07, 6.45) is 24.0. The standard InChI is InChI=1S/C20H26O/c1-3-18(14-13-17(2)21)20(15-9-6-10-16-20)19-11-7-4-5-8-12-19/h3-4,7-8,11-14,21H,1,5-6,9-10,15-16H2,2H3/b17-13+,18-14+. The molecule has 0 bridgehead atoms. The lowest BCUT2D eigenvalue weighted by molar-refractivity contribution is 0.300. The lowest BCUT2D eigenvalue weighted by Crippen LogP contribution is -2.27. The number of hydrogen-bond acceptors (Lipinski definition) is 1. The number of rotatable bonds is 4. The van der Waals surface area contributed by atoms with Crippen molar-refractivity contribution < 1.29 is 5.11 Å². The molecular formula is C20H26O. The van der Waals surface area contributed by atoms with Crippen LogP contribution in [0.2, 0.25) is 0 Å². The molecule has 0 aromatic rings. The molecule has 0 radical (unpaired) electrons. The van der Waals surface area contributed by atoms with Crippen LogP contribution in [-0.4, -0.2) is 5.11 Å². The monoisotopic (exact) mass is 282 g/mol. The van der Waals surface area contributed by atoms with Gasteiger partial charge in [-0.3, -0.25) is 0 Å².